The zero-order valence-electron chi connectivity index (χ0n) is 9.97. The van der Waals surface area contributed by atoms with Crippen LogP contribution in [0.2, 0.25) is 5.02 Å². The van der Waals surface area contributed by atoms with Gasteiger partial charge in [0.25, 0.3) is 5.69 Å². The average molecular weight is 289 g/mol. The Morgan fingerprint density at radius 1 is 1.47 bits per heavy atom. The number of aliphatic carboxylic acids is 1. The number of carboxylic acid groups (broad SMARTS) is 1. The van der Waals surface area contributed by atoms with Gasteiger partial charge in [-0.05, 0) is 6.07 Å². The molecule has 0 aliphatic heterocycles. The molecule has 0 amide bonds. The minimum absolute atomic E-state index is 0.0434. The number of nitro groups is 1. The highest BCUT2D eigenvalue weighted by molar-refractivity contribution is 6.33. The smallest absolute Gasteiger partial charge is 0.305 e. The van der Waals surface area contributed by atoms with Gasteiger partial charge in [-0.1, -0.05) is 11.6 Å². The summed E-state index contributed by atoms with van der Waals surface area (Å²) in [6, 6.07) is 4.12. The van der Waals surface area contributed by atoms with Crippen molar-refractivity contribution in [1.29, 1.82) is 0 Å². The SMILES string of the molecule is O=C(O)CCOCCNc1ccc([N+](=O)[O-])cc1Cl. The van der Waals surface area contributed by atoms with E-state index >= 15 is 0 Å². The van der Waals surface area contributed by atoms with Crippen molar-refractivity contribution in [3.63, 3.8) is 0 Å². The standard InChI is InChI=1S/C11H13ClN2O5/c12-9-7-8(14(17)18)1-2-10(9)13-4-6-19-5-3-11(15)16/h1-2,7,13H,3-6H2,(H,15,16). The number of carbonyl (C=O) groups is 1. The molecule has 8 heteroatoms. The summed E-state index contributed by atoms with van der Waals surface area (Å²) in [4.78, 5) is 20.2. The molecule has 0 bridgehead atoms. The monoisotopic (exact) mass is 288 g/mol. The molecule has 1 aromatic carbocycles. The number of non-ortho nitro benzene ring substituents is 1. The second-order valence-electron chi connectivity index (χ2n) is 3.60. The van der Waals surface area contributed by atoms with E-state index in [2.05, 4.69) is 5.32 Å². The second-order valence-corrected chi connectivity index (χ2v) is 4.01. The van der Waals surface area contributed by atoms with Gasteiger partial charge in [0.05, 0.1) is 35.3 Å². The van der Waals surface area contributed by atoms with Gasteiger partial charge in [0.2, 0.25) is 0 Å². The van der Waals surface area contributed by atoms with Crippen LogP contribution in [0.4, 0.5) is 11.4 Å². The summed E-state index contributed by atoms with van der Waals surface area (Å²) in [6.45, 7) is 0.892. The van der Waals surface area contributed by atoms with E-state index in [0.29, 0.717) is 18.8 Å². The molecule has 0 saturated carbocycles. The molecule has 19 heavy (non-hydrogen) atoms. The molecule has 0 fully saturated rings. The number of nitrogens with zero attached hydrogens (tertiary/aromatic N) is 1. The van der Waals surface area contributed by atoms with Gasteiger partial charge < -0.3 is 15.2 Å². The van der Waals surface area contributed by atoms with Crippen LogP contribution in [0.5, 0.6) is 0 Å². The maximum Gasteiger partial charge on any atom is 0.305 e. The van der Waals surface area contributed by atoms with Crippen LogP contribution in [0.25, 0.3) is 0 Å². The lowest BCUT2D eigenvalue weighted by atomic mass is 10.3. The number of carboxylic acids is 1. The highest BCUT2D eigenvalue weighted by Crippen LogP contribution is 2.26. The highest BCUT2D eigenvalue weighted by atomic mass is 35.5. The van der Waals surface area contributed by atoms with Gasteiger partial charge in [-0.25, -0.2) is 0 Å². The Morgan fingerprint density at radius 3 is 2.79 bits per heavy atom. The van der Waals surface area contributed by atoms with Gasteiger partial charge in [-0.2, -0.15) is 0 Å². The number of hydrogen-bond donors (Lipinski definition) is 2. The van der Waals surface area contributed by atoms with Crippen molar-refractivity contribution in [3.05, 3.63) is 33.3 Å². The van der Waals surface area contributed by atoms with Gasteiger partial charge in [-0.3, -0.25) is 14.9 Å². The van der Waals surface area contributed by atoms with Crippen molar-refractivity contribution in [2.45, 2.75) is 6.42 Å². The van der Waals surface area contributed by atoms with Gasteiger partial charge >= 0.3 is 5.97 Å². The third-order valence-electron chi connectivity index (χ3n) is 2.19. The number of nitrogens with one attached hydrogen (secondary N) is 1. The van der Waals surface area contributed by atoms with Crippen LogP contribution < -0.4 is 5.32 Å². The summed E-state index contributed by atoms with van der Waals surface area (Å²) in [5.74, 6) is -0.911. The zero-order chi connectivity index (χ0) is 14.3. The molecule has 1 rings (SSSR count). The van der Waals surface area contributed by atoms with E-state index in [1.54, 1.807) is 0 Å². The van der Waals surface area contributed by atoms with Crippen LogP contribution in [-0.2, 0) is 9.53 Å². The number of nitro benzene ring substituents is 1. The molecule has 0 heterocycles. The Hall–Kier alpha value is -1.86. The van der Waals surface area contributed by atoms with Gasteiger partial charge in [0, 0.05) is 18.7 Å². The van der Waals surface area contributed by atoms with E-state index in [1.165, 1.54) is 18.2 Å². The van der Waals surface area contributed by atoms with Crippen molar-refractivity contribution in [1.82, 2.24) is 0 Å². The van der Waals surface area contributed by atoms with Crippen molar-refractivity contribution in [2.24, 2.45) is 0 Å². The third-order valence-corrected chi connectivity index (χ3v) is 2.50. The highest BCUT2D eigenvalue weighted by Gasteiger charge is 2.08. The normalized spacial score (nSPS) is 10.2. The number of benzene rings is 1. The minimum Gasteiger partial charge on any atom is -0.481 e. The topological polar surface area (TPSA) is 102 Å². The van der Waals surface area contributed by atoms with E-state index in [4.69, 9.17) is 21.4 Å². The zero-order valence-corrected chi connectivity index (χ0v) is 10.7. The lowest BCUT2D eigenvalue weighted by Crippen LogP contribution is -2.11. The summed E-state index contributed by atoms with van der Waals surface area (Å²) in [6.07, 6.45) is -0.0434. The maximum atomic E-state index is 10.5. The Morgan fingerprint density at radius 2 is 2.21 bits per heavy atom. The fourth-order valence-corrected chi connectivity index (χ4v) is 1.52. The number of ether oxygens (including phenoxy) is 1. The lowest BCUT2D eigenvalue weighted by molar-refractivity contribution is -0.384. The summed E-state index contributed by atoms with van der Waals surface area (Å²) in [5.41, 5.74) is 0.488. The molecular weight excluding hydrogens is 276 g/mol. The molecule has 0 aromatic heterocycles. The quantitative estimate of drug-likeness (QED) is 0.432. The van der Waals surface area contributed by atoms with Crippen LogP contribution in [0.3, 0.4) is 0 Å². The number of anilines is 1. The van der Waals surface area contributed by atoms with Gasteiger partial charge in [0.1, 0.15) is 0 Å². The first-order chi connectivity index (χ1) is 9.00. The van der Waals surface area contributed by atoms with E-state index in [-0.39, 0.29) is 23.7 Å². The largest absolute Gasteiger partial charge is 0.481 e. The molecule has 0 saturated heterocycles. The van der Waals surface area contributed by atoms with Crippen LogP contribution in [0.1, 0.15) is 6.42 Å². The Labute approximate surface area is 114 Å². The van der Waals surface area contributed by atoms with E-state index in [0.717, 1.165) is 0 Å². The molecule has 7 nitrogen and oxygen atoms in total. The number of halogens is 1. The van der Waals surface area contributed by atoms with E-state index in [1.807, 2.05) is 0 Å². The molecular formula is C11H13ClN2O5. The van der Waals surface area contributed by atoms with Crippen LogP contribution in [-0.4, -0.2) is 35.8 Å². The summed E-state index contributed by atoms with van der Waals surface area (Å²) in [7, 11) is 0. The predicted octanol–water partition coefficient (Wildman–Crippen LogP) is 2.15. The van der Waals surface area contributed by atoms with Crippen molar-refractivity contribution in [2.75, 3.05) is 25.1 Å². The van der Waals surface area contributed by atoms with E-state index in [9.17, 15) is 14.9 Å². The Balaban J connectivity index is 2.33. The van der Waals surface area contributed by atoms with Crippen molar-refractivity contribution in [3.8, 4) is 0 Å². The predicted molar refractivity (Wildman–Crippen MR) is 69.7 cm³/mol. The fraction of sp³-hybridized carbons (Fsp3) is 0.364. The maximum absolute atomic E-state index is 10.5. The molecule has 2 N–H and O–H groups in total. The third kappa shape index (κ3) is 5.54. The summed E-state index contributed by atoms with van der Waals surface area (Å²) >= 11 is 5.87. The molecule has 0 aliphatic carbocycles. The minimum atomic E-state index is -0.911. The Bertz CT molecular complexity index is 466. The number of rotatable bonds is 8. The molecule has 0 atom stereocenters. The lowest BCUT2D eigenvalue weighted by Gasteiger charge is -2.08. The van der Waals surface area contributed by atoms with Crippen molar-refractivity contribution < 1.29 is 19.6 Å². The van der Waals surface area contributed by atoms with Gasteiger partial charge in [0.15, 0.2) is 0 Å². The summed E-state index contributed by atoms with van der Waals surface area (Å²) in [5, 5.41) is 22.1. The van der Waals surface area contributed by atoms with Gasteiger partial charge in [-0.15, -0.1) is 0 Å². The molecule has 0 radical (unpaired) electrons. The molecule has 0 spiro atoms. The van der Waals surface area contributed by atoms with E-state index < -0.39 is 10.9 Å². The number of hydrogen-bond acceptors (Lipinski definition) is 5. The molecule has 1 aromatic rings. The fourth-order valence-electron chi connectivity index (χ4n) is 1.28. The molecule has 0 unspecified atom stereocenters. The second kappa shape index (κ2) is 7.55. The Kier molecular flexibility index (Phi) is 6.04. The van der Waals surface area contributed by atoms with Crippen LogP contribution in [0.15, 0.2) is 18.2 Å². The molecule has 0 aliphatic rings. The first-order valence-corrected chi connectivity index (χ1v) is 5.86. The van der Waals surface area contributed by atoms with Crippen LogP contribution >= 0.6 is 11.6 Å². The molecule has 104 valence electrons. The average Bonchev–Trinajstić information content (AvgIpc) is 2.34. The first-order valence-electron chi connectivity index (χ1n) is 5.48. The van der Waals surface area contributed by atoms with Crippen molar-refractivity contribution >= 4 is 28.9 Å². The van der Waals surface area contributed by atoms with Crippen LogP contribution in [0, 0.1) is 10.1 Å². The first kappa shape index (κ1) is 15.2. The summed E-state index contributed by atoms with van der Waals surface area (Å²) < 4.78 is 5.07.